The molecule has 0 aliphatic carbocycles. The largest absolute Gasteiger partial charge is 0.356 e. The Bertz CT molecular complexity index is 702. The summed E-state index contributed by atoms with van der Waals surface area (Å²) in [5.74, 6) is 2.74. The monoisotopic (exact) mass is 333 g/mol. The summed E-state index contributed by atoms with van der Waals surface area (Å²) in [6.45, 7) is 3.60. The SMILES string of the molecule is c1ccc([C@H]2CCC[C@H]3[C@@H]4C[C@@H](CN(c5ccccn5)C4)CN23)cc1. The van der Waals surface area contributed by atoms with E-state index in [0.717, 1.165) is 24.4 Å². The minimum atomic E-state index is 0.631. The van der Waals surface area contributed by atoms with Gasteiger partial charge in [-0.25, -0.2) is 4.98 Å². The van der Waals surface area contributed by atoms with E-state index in [-0.39, 0.29) is 0 Å². The number of fused-ring (bicyclic) bond motifs is 4. The van der Waals surface area contributed by atoms with Crippen molar-refractivity contribution in [2.45, 2.75) is 37.8 Å². The summed E-state index contributed by atoms with van der Waals surface area (Å²) in [4.78, 5) is 10.0. The molecule has 0 spiro atoms. The first-order chi connectivity index (χ1) is 12.4. The third-order valence-corrected chi connectivity index (χ3v) is 6.54. The third-order valence-electron chi connectivity index (χ3n) is 6.54. The Morgan fingerprint density at radius 2 is 1.76 bits per heavy atom. The number of anilines is 1. The molecule has 5 rings (SSSR count). The molecule has 25 heavy (non-hydrogen) atoms. The Labute approximate surface area is 150 Å². The fraction of sp³-hybridized carbons (Fsp3) is 0.500. The van der Waals surface area contributed by atoms with Crippen molar-refractivity contribution in [2.75, 3.05) is 24.5 Å². The normalized spacial score (nSPS) is 32.2. The number of hydrogen-bond donors (Lipinski definition) is 0. The molecule has 0 radical (unpaired) electrons. The maximum atomic E-state index is 4.61. The number of piperidine rings is 3. The summed E-state index contributed by atoms with van der Waals surface area (Å²) in [6, 6.07) is 18.9. The lowest BCUT2D eigenvalue weighted by Crippen LogP contribution is -2.59. The van der Waals surface area contributed by atoms with Crippen molar-refractivity contribution in [1.29, 1.82) is 0 Å². The van der Waals surface area contributed by atoms with E-state index in [2.05, 4.69) is 57.2 Å². The molecule has 0 unspecified atom stereocenters. The molecule has 4 atom stereocenters. The van der Waals surface area contributed by atoms with Crippen molar-refractivity contribution in [3.05, 3.63) is 60.3 Å². The standard InChI is InChI=1S/C22H27N3/c1-2-7-18(8-3-1)20-9-6-10-21-19-13-17(15-25(20)21)14-24(16-19)22-11-4-5-12-23-22/h1-5,7-8,11-12,17,19-21H,6,9-10,13-16H2/t17-,19+,20+,21-/m0/s1. The highest BCUT2D eigenvalue weighted by molar-refractivity contribution is 5.39. The third kappa shape index (κ3) is 2.85. The van der Waals surface area contributed by atoms with Crippen LogP contribution in [0.1, 0.15) is 37.3 Å². The topological polar surface area (TPSA) is 19.4 Å². The highest BCUT2D eigenvalue weighted by Crippen LogP contribution is 2.44. The van der Waals surface area contributed by atoms with Crippen molar-refractivity contribution in [2.24, 2.45) is 11.8 Å². The number of aromatic nitrogens is 1. The fourth-order valence-corrected chi connectivity index (χ4v) is 5.57. The van der Waals surface area contributed by atoms with Gasteiger partial charge in [-0.3, -0.25) is 4.90 Å². The molecule has 3 heteroatoms. The Kier molecular flexibility index (Phi) is 3.97. The van der Waals surface area contributed by atoms with Crippen LogP contribution in [-0.4, -0.2) is 35.6 Å². The molecule has 1 aromatic carbocycles. The minimum Gasteiger partial charge on any atom is -0.356 e. The van der Waals surface area contributed by atoms with Crippen LogP contribution >= 0.6 is 0 Å². The fourth-order valence-electron chi connectivity index (χ4n) is 5.57. The van der Waals surface area contributed by atoms with Gasteiger partial charge in [-0.05, 0) is 55.2 Å². The van der Waals surface area contributed by atoms with Crippen LogP contribution in [0.4, 0.5) is 5.82 Å². The van der Waals surface area contributed by atoms with E-state index < -0.39 is 0 Å². The average molecular weight is 333 g/mol. The van der Waals surface area contributed by atoms with Gasteiger partial charge in [-0.1, -0.05) is 36.4 Å². The number of nitrogens with zero attached hydrogens (tertiary/aromatic N) is 3. The quantitative estimate of drug-likeness (QED) is 0.823. The first-order valence-corrected chi connectivity index (χ1v) is 9.85. The van der Waals surface area contributed by atoms with Crippen molar-refractivity contribution in [1.82, 2.24) is 9.88 Å². The van der Waals surface area contributed by atoms with E-state index in [0.29, 0.717) is 6.04 Å². The van der Waals surface area contributed by atoms with Crippen LogP contribution < -0.4 is 4.90 Å². The molecule has 3 nitrogen and oxygen atoms in total. The van der Waals surface area contributed by atoms with Crippen LogP contribution in [0.25, 0.3) is 0 Å². The first kappa shape index (κ1) is 15.4. The summed E-state index contributed by atoms with van der Waals surface area (Å²) in [5, 5.41) is 0. The van der Waals surface area contributed by atoms with Gasteiger partial charge in [-0.15, -0.1) is 0 Å². The predicted octanol–water partition coefficient (Wildman–Crippen LogP) is 4.13. The Balaban J connectivity index is 1.39. The maximum absolute atomic E-state index is 4.61. The number of pyridine rings is 1. The van der Waals surface area contributed by atoms with Crippen molar-refractivity contribution in [3.8, 4) is 0 Å². The van der Waals surface area contributed by atoms with Crippen LogP contribution in [-0.2, 0) is 0 Å². The molecule has 0 N–H and O–H groups in total. The zero-order valence-corrected chi connectivity index (χ0v) is 14.8. The smallest absolute Gasteiger partial charge is 0.128 e. The van der Waals surface area contributed by atoms with Crippen LogP contribution in [0.15, 0.2) is 54.7 Å². The molecule has 2 aromatic rings. The van der Waals surface area contributed by atoms with E-state index >= 15 is 0 Å². The Hall–Kier alpha value is -1.87. The summed E-state index contributed by atoms with van der Waals surface area (Å²) < 4.78 is 0. The second-order valence-electron chi connectivity index (χ2n) is 8.08. The van der Waals surface area contributed by atoms with Gasteiger partial charge in [0.05, 0.1) is 0 Å². The van der Waals surface area contributed by atoms with E-state index in [1.165, 1.54) is 50.2 Å². The number of benzene rings is 1. The highest BCUT2D eigenvalue weighted by atomic mass is 15.3. The summed E-state index contributed by atoms with van der Waals surface area (Å²) in [6.07, 6.45) is 7.40. The zero-order valence-electron chi connectivity index (χ0n) is 14.8. The second-order valence-corrected chi connectivity index (χ2v) is 8.08. The Morgan fingerprint density at radius 3 is 2.60 bits per heavy atom. The molecule has 3 aliphatic rings. The second kappa shape index (κ2) is 6.45. The lowest BCUT2D eigenvalue weighted by molar-refractivity contribution is -0.0200. The molecule has 0 amide bonds. The lowest BCUT2D eigenvalue weighted by atomic mass is 9.74. The van der Waals surface area contributed by atoms with Gasteiger partial charge in [0, 0.05) is 37.9 Å². The van der Waals surface area contributed by atoms with Gasteiger partial charge in [0.15, 0.2) is 0 Å². The van der Waals surface area contributed by atoms with E-state index in [4.69, 9.17) is 0 Å². The first-order valence-electron chi connectivity index (χ1n) is 9.85. The molecule has 3 saturated heterocycles. The van der Waals surface area contributed by atoms with Gasteiger partial charge >= 0.3 is 0 Å². The summed E-state index contributed by atoms with van der Waals surface area (Å²) in [7, 11) is 0. The molecule has 2 bridgehead atoms. The zero-order chi connectivity index (χ0) is 16.6. The van der Waals surface area contributed by atoms with Gasteiger partial charge in [0.1, 0.15) is 5.82 Å². The van der Waals surface area contributed by atoms with Gasteiger partial charge < -0.3 is 4.90 Å². The number of rotatable bonds is 2. The minimum absolute atomic E-state index is 0.631. The molecule has 3 fully saturated rings. The average Bonchev–Trinajstić information content (AvgIpc) is 2.69. The van der Waals surface area contributed by atoms with Gasteiger partial charge in [0.25, 0.3) is 0 Å². The predicted molar refractivity (Wildman–Crippen MR) is 102 cm³/mol. The molecular formula is C22H27N3. The van der Waals surface area contributed by atoms with Crippen molar-refractivity contribution < 1.29 is 0 Å². The molecule has 4 heterocycles. The summed E-state index contributed by atoms with van der Waals surface area (Å²) >= 11 is 0. The van der Waals surface area contributed by atoms with Crippen LogP contribution in [0.3, 0.4) is 0 Å². The van der Waals surface area contributed by atoms with E-state index in [1.54, 1.807) is 0 Å². The van der Waals surface area contributed by atoms with Crippen molar-refractivity contribution >= 4 is 5.82 Å². The maximum Gasteiger partial charge on any atom is 0.128 e. The molecule has 130 valence electrons. The van der Waals surface area contributed by atoms with E-state index in [1.807, 2.05) is 12.3 Å². The molecule has 3 aliphatic heterocycles. The molecule has 1 aromatic heterocycles. The van der Waals surface area contributed by atoms with Crippen LogP contribution in [0.2, 0.25) is 0 Å². The lowest BCUT2D eigenvalue weighted by Gasteiger charge is -2.55. The van der Waals surface area contributed by atoms with Crippen LogP contribution in [0.5, 0.6) is 0 Å². The van der Waals surface area contributed by atoms with Gasteiger partial charge in [0.2, 0.25) is 0 Å². The highest BCUT2D eigenvalue weighted by Gasteiger charge is 2.45. The van der Waals surface area contributed by atoms with Gasteiger partial charge in [-0.2, -0.15) is 0 Å². The summed E-state index contributed by atoms with van der Waals surface area (Å²) in [5.41, 5.74) is 1.52. The van der Waals surface area contributed by atoms with E-state index in [9.17, 15) is 0 Å². The molecule has 0 saturated carbocycles. The van der Waals surface area contributed by atoms with Crippen LogP contribution in [0, 0.1) is 11.8 Å². The Morgan fingerprint density at radius 1 is 0.880 bits per heavy atom. The molecular weight excluding hydrogens is 306 g/mol. The van der Waals surface area contributed by atoms with Crippen molar-refractivity contribution in [3.63, 3.8) is 0 Å². The number of hydrogen-bond acceptors (Lipinski definition) is 3.